The molecule has 42 heavy (non-hydrogen) atoms. The summed E-state index contributed by atoms with van der Waals surface area (Å²) in [7, 11) is 0. The average Bonchev–Trinajstić information content (AvgIpc) is 2.91. The van der Waals surface area contributed by atoms with Crippen molar-refractivity contribution in [3.8, 4) is 0 Å². The van der Waals surface area contributed by atoms with E-state index in [9.17, 15) is 14.4 Å². The first-order valence-electron chi connectivity index (χ1n) is 14.4. The van der Waals surface area contributed by atoms with Crippen LogP contribution >= 0.6 is 0 Å². The fourth-order valence-corrected chi connectivity index (χ4v) is 4.86. The predicted octanol–water partition coefficient (Wildman–Crippen LogP) is 6.42. The maximum Gasteiger partial charge on any atom is 0.408 e. The van der Waals surface area contributed by atoms with E-state index in [-0.39, 0.29) is 18.2 Å². The Morgan fingerprint density at radius 2 is 1.36 bits per heavy atom. The zero-order valence-electron chi connectivity index (χ0n) is 26.2. The Balaban J connectivity index is 2.09. The molecule has 3 rings (SSSR count). The Labute approximate surface area is 250 Å². The van der Waals surface area contributed by atoms with Crippen LogP contribution < -0.4 is 10.6 Å². The largest absolute Gasteiger partial charge is 0.444 e. The minimum atomic E-state index is -0.976. The minimum Gasteiger partial charge on any atom is -0.444 e. The van der Waals surface area contributed by atoms with Gasteiger partial charge in [-0.3, -0.25) is 9.59 Å². The molecule has 0 radical (unpaired) electrons. The van der Waals surface area contributed by atoms with Gasteiger partial charge in [0.15, 0.2) is 0 Å². The summed E-state index contributed by atoms with van der Waals surface area (Å²) in [5, 5.41) is 5.89. The van der Waals surface area contributed by atoms with E-state index in [0.717, 1.165) is 27.8 Å². The zero-order chi connectivity index (χ0) is 31.1. The molecule has 0 aliphatic rings. The maximum atomic E-state index is 14.7. The van der Waals surface area contributed by atoms with E-state index >= 15 is 0 Å². The summed E-state index contributed by atoms with van der Waals surface area (Å²) in [5.41, 5.74) is 2.98. The lowest BCUT2D eigenvalue weighted by Gasteiger charge is -2.43. The van der Waals surface area contributed by atoms with Crippen LogP contribution in [0.3, 0.4) is 0 Å². The van der Waals surface area contributed by atoms with Crippen LogP contribution in [0.15, 0.2) is 78.9 Å². The Morgan fingerprint density at radius 1 is 0.786 bits per heavy atom. The number of benzene rings is 3. The van der Waals surface area contributed by atoms with E-state index in [4.69, 9.17) is 4.74 Å². The van der Waals surface area contributed by atoms with Crippen molar-refractivity contribution in [2.24, 2.45) is 0 Å². The van der Waals surface area contributed by atoms with Crippen molar-refractivity contribution in [1.29, 1.82) is 0 Å². The van der Waals surface area contributed by atoms with Crippen LogP contribution in [0.5, 0.6) is 0 Å². The third-order valence-electron chi connectivity index (χ3n) is 6.99. The van der Waals surface area contributed by atoms with Gasteiger partial charge in [0.25, 0.3) is 0 Å². The van der Waals surface area contributed by atoms with Gasteiger partial charge in [-0.05, 0) is 83.2 Å². The quantitative estimate of drug-likeness (QED) is 0.310. The van der Waals surface area contributed by atoms with Gasteiger partial charge in [-0.2, -0.15) is 0 Å². The highest BCUT2D eigenvalue weighted by Crippen LogP contribution is 2.33. The molecule has 0 fully saturated rings. The molecule has 0 heterocycles. The van der Waals surface area contributed by atoms with Crippen LogP contribution in [0.1, 0.15) is 75.4 Å². The molecule has 224 valence electrons. The molecule has 0 aliphatic heterocycles. The van der Waals surface area contributed by atoms with Crippen molar-refractivity contribution in [2.45, 2.75) is 91.6 Å². The van der Waals surface area contributed by atoms with E-state index in [1.165, 1.54) is 0 Å². The van der Waals surface area contributed by atoms with Crippen molar-refractivity contribution in [3.63, 3.8) is 0 Å². The van der Waals surface area contributed by atoms with Gasteiger partial charge in [-0.25, -0.2) is 4.79 Å². The van der Waals surface area contributed by atoms with Gasteiger partial charge in [-0.15, -0.1) is 0 Å². The van der Waals surface area contributed by atoms with Crippen molar-refractivity contribution in [2.75, 3.05) is 0 Å². The molecule has 0 aliphatic carbocycles. The molecule has 2 atom stereocenters. The smallest absolute Gasteiger partial charge is 0.408 e. The second-order valence-corrected chi connectivity index (χ2v) is 12.7. The summed E-state index contributed by atoms with van der Waals surface area (Å²) >= 11 is 0. The first kappa shape index (κ1) is 32.4. The normalized spacial score (nSPS) is 13.0. The van der Waals surface area contributed by atoms with Crippen LogP contribution in [0.25, 0.3) is 0 Å². The van der Waals surface area contributed by atoms with Gasteiger partial charge in [0.1, 0.15) is 17.7 Å². The molecule has 0 spiro atoms. The molecule has 0 saturated heterocycles. The SMILES string of the molecule is Cc1cccc(C(C(=O)NCc2ccccc2)N(C(=O)C(Cc2ccccc2)NC(=O)OC(C)(C)C)C(C)(C)C)c1C. The molecule has 0 saturated carbocycles. The molecule has 7 heteroatoms. The number of carbonyl (C=O) groups is 3. The standard InChI is InChI=1S/C35H45N3O4/c1-24-16-15-21-28(25(24)2)30(31(39)36-23-27-19-13-10-14-20-27)38(34(3,4)5)32(40)29(22-26-17-11-9-12-18-26)37-33(41)42-35(6,7)8/h9-21,29-30H,22-23H2,1-8H3,(H,36,39)(H,37,41). The summed E-state index contributed by atoms with van der Waals surface area (Å²) in [6.45, 7) is 15.3. The number of amides is 3. The van der Waals surface area contributed by atoms with Crippen LogP contribution in [0.2, 0.25) is 0 Å². The summed E-state index contributed by atoms with van der Waals surface area (Å²) < 4.78 is 5.54. The molecule has 2 N–H and O–H groups in total. The Kier molecular flexibility index (Phi) is 10.6. The minimum absolute atomic E-state index is 0.233. The lowest BCUT2D eigenvalue weighted by atomic mass is 9.90. The Bertz CT molecular complexity index is 1360. The maximum absolute atomic E-state index is 14.7. The summed E-state index contributed by atoms with van der Waals surface area (Å²) in [6.07, 6.45) is -0.459. The van der Waals surface area contributed by atoms with Gasteiger partial charge >= 0.3 is 6.09 Å². The monoisotopic (exact) mass is 571 g/mol. The zero-order valence-corrected chi connectivity index (χ0v) is 26.2. The third kappa shape index (κ3) is 8.93. The number of carbonyl (C=O) groups excluding carboxylic acids is 3. The lowest BCUT2D eigenvalue weighted by molar-refractivity contribution is -0.148. The number of nitrogens with zero attached hydrogens (tertiary/aromatic N) is 1. The predicted molar refractivity (Wildman–Crippen MR) is 167 cm³/mol. The second kappa shape index (κ2) is 13.7. The molecule has 3 amide bonds. The highest BCUT2D eigenvalue weighted by molar-refractivity contribution is 5.93. The number of hydrogen-bond acceptors (Lipinski definition) is 4. The number of alkyl carbamates (subject to hydrolysis) is 1. The van der Waals surface area contributed by atoms with Gasteiger partial charge in [0.2, 0.25) is 11.8 Å². The third-order valence-corrected chi connectivity index (χ3v) is 6.99. The van der Waals surface area contributed by atoms with E-state index in [2.05, 4.69) is 10.6 Å². The van der Waals surface area contributed by atoms with Crippen molar-refractivity contribution >= 4 is 17.9 Å². The van der Waals surface area contributed by atoms with Gasteiger partial charge in [-0.1, -0.05) is 78.9 Å². The fourth-order valence-electron chi connectivity index (χ4n) is 4.86. The summed E-state index contributed by atoms with van der Waals surface area (Å²) in [6, 6.07) is 23.0. The average molecular weight is 572 g/mol. The van der Waals surface area contributed by atoms with Crippen molar-refractivity contribution in [1.82, 2.24) is 15.5 Å². The number of nitrogens with one attached hydrogen (secondary N) is 2. The first-order chi connectivity index (χ1) is 19.7. The lowest BCUT2D eigenvalue weighted by Crippen LogP contribution is -2.59. The number of aryl methyl sites for hydroxylation is 1. The fraction of sp³-hybridized carbons (Fsp3) is 0.400. The highest BCUT2D eigenvalue weighted by atomic mass is 16.6. The topological polar surface area (TPSA) is 87.7 Å². The molecule has 7 nitrogen and oxygen atoms in total. The first-order valence-corrected chi connectivity index (χ1v) is 14.4. The molecule has 3 aromatic rings. The molecule has 0 bridgehead atoms. The van der Waals surface area contributed by atoms with Gasteiger partial charge in [0.05, 0.1) is 0 Å². The Hall–Kier alpha value is -4.13. The van der Waals surface area contributed by atoms with Crippen LogP contribution in [0.4, 0.5) is 4.79 Å². The van der Waals surface area contributed by atoms with Crippen molar-refractivity contribution < 1.29 is 19.1 Å². The molecular formula is C35H45N3O4. The van der Waals surface area contributed by atoms with Gasteiger partial charge < -0.3 is 20.3 Å². The number of rotatable bonds is 9. The highest BCUT2D eigenvalue weighted by Gasteiger charge is 2.42. The summed E-state index contributed by atoms with van der Waals surface area (Å²) in [4.78, 5) is 43.4. The van der Waals surface area contributed by atoms with Crippen LogP contribution in [-0.2, 0) is 27.3 Å². The van der Waals surface area contributed by atoms with Crippen molar-refractivity contribution in [3.05, 3.63) is 107 Å². The molecule has 0 aromatic heterocycles. The van der Waals surface area contributed by atoms with Crippen LogP contribution in [-0.4, -0.2) is 40.0 Å². The number of hydrogen-bond donors (Lipinski definition) is 2. The molecule has 2 unspecified atom stereocenters. The molecular weight excluding hydrogens is 526 g/mol. The van der Waals surface area contributed by atoms with E-state index < -0.39 is 29.3 Å². The van der Waals surface area contributed by atoms with E-state index in [1.54, 1.807) is 25.7 Å². The van der Waals surface area contributed by atoms with Crippen LogP contribution in [0, 0.1) is 13.8 Å². The Morgan fingerprint density at radius 3 is 1.90 bits per heavy atom. The van der Waals surface area contributed by atoms with E-state index in [1.807, 2.05) is 113 Å². The van der Waals surface area contributed by atoms with Gasteiger partial charge in [0, 0.05) is 18.5 Å². The number of ether oxygens (including phenoxy) is 1. The van der Waals surface area contributed by atoms with E-state index in [0.29, 0.717) is 6.54 Å². The molecule has 3 aromatic carbocycles. The second-order valence-electron chi connectivity index (χ2n) is 12.7. The summed E-state index contributed by atoms with van der Waals surface area (Å²) in [5.74, 6) is -0.676.